The number of hydrogen-bond donors (Lipinski definition) is 2. The molecule has 1 aliphatic heterocycles. The van der Waals surface area contributed by atoms with Gasteiger partial charge in [-0.25, -0.2) is 4.79 Å². The zero-order chi connectivity index (χ0) is 16.3. The van der Waals surface area contributed by atoms with Gasteiger partial charge in [0.25, 0.3) is 0 Å². The maximum absolute atomic E-state index is 12.8. The summed E-state index contributed by atoms with van der Waals surface area (Å²) in [7, 11) is 0. The number of aromatic carboxylic acids is 1. The average Bonchev–Trinajstić information content (AvgIpc) is 2.73. The Labute approximate surface area is 125 Å². The van der Waals surface area contributed by atoms with Crippen molar-refractivity contribution in [2.75, 3.05) is 13.2 Å². The second-order valence-corrected chi connectivity index (χ2v) is 5.41. The molecule has 2 heterocycles. The number of furan rings is 1. The highest BCUT2D eigenvalue weighted by molar-refractivity contribution is 5.90. The van der Waals surface area contributed by atoms with E-state index in [1.54, 1.807) is 4.90 Å². The molecule has 1 aromatic rings. The minimum atomic E-state index is -4.77. The first-order chi connectivity index (χ1) is 10.3. The molecule has 5 nitrogen and oxygen atoms in total. The molecule has 1 aliphatic rings. The molecule has 0 radical (unpaired) electrons. The van der Waals surface area contributed by atoms with E-state index < -0.39 is 23.3 Å². The molecule has 2 rings (SSSR count). The van der Waals surface area contributed by atoms with Gasteiger partial charge in [-0.05, 0) is 19.4 Å². The predicted molar refractivity (Wildman–Crippen MR) is 70.4 cm³/mol. The summed E-state index contributed by atoms with van der Waals surface area (Å²) >= 11 is 0. The summed E-state index contributed by atoms with van der Waals surface area (Å²) in [5, 5.41) is 18.5. The molecule has 0 aliphatic carbocycles. The van der Waals surface area contributed by atoms with E-state index in [0.717, 1.165) is 25.7 Å². The first kappa shape index (κ1) is 16.8. The Morgan fingerprint density at radius 1 is 1.36 bits per heavy atom. The molecule has 1 unspecified atom stereocenters. The third-order valence-corrected chi connectivity index (χ3v) is 3.94. The molecule has 0 bridgehead atoms. The van der Waals surface area contributed by atoms with Gasteiger partial charge in [-0.15, -0.1) is 0 Å². The summed E-state index contributed by atoms with van der Waals surface area (Å²) in [4.78, 5) is 13.0. The summed E-state index contributed by atoms with van der Waals surface area (Å²) in [5.74, 6) is -1.88. The number of rotatable bonds is 4. The van der Waals surface area contributed by atoms with Crippen LogP contribution in [0.3, 0.4) is 0 Å². The van der Waals surface area contributed by atoms with E-state index in [-0.39, 0.29) is 25.0 Å². The van der Waals surface area contributed by atoms with Crippen LogP contribution in [0.15, 0.2) is 10.7 Å². The maximum Gasteiger partial charge on any atom is 0.420 e. The van der Waals surface area contributed by atoms with E-state index in [1.165, 1.54) is 0 Å². The molecule has 0 saturated carbocycles. The Balaban J connectivity index is 2.28. The third kappa shape index (κ3) is 3.61. The fourth-order valence-electron chi connectivity index (χ4n) is 2.79. The van der Waals surface area contributed by atoms with Crippen molar-refractivity contribution in [3.05, 3.63) is 23.2 Å². The monoisotopic (exact) mass is 321 g/mol. The number of aliphatic hydroxyl groups excluding tert-OH is 1. The molecular weight excluding hydrogens is 303 g/mol. The fraction of sp³-hybridized carbons (Fsp3) is 0.643. The van der Waals surface area contributed by atoms with Gasteiger partial charge in [0.2, 0.25) is 0 Å². The van der Waals surface area contributed by atoms with Gasteiger partial charge < -0.3 is 14.6 Å². The zero-order valence-corrected chi connectivity index (χ0v) is 11.9. The Kier molecular flexibility index (Phi) is 5.12. The highest BCUT2D eigenvalue weighted by Crippen LogP contribution is 2.35. The summed E-state index contributed by atoms with van der Waals surface area (Å²) in [6.45, 7) is 0.421. The van der Waals surface area contributed by atoms with Crippen LogP contribution in [0.2, 0.25) is 0 Å². The molecule has 8 heteroatoms. The van der Waals surface area contributed by atoms with Crippen molar-refractivity contribution in [2.24, 2.45) is 0 Å². The first-order valence-electron chi connectivity index (χ1n) is 7.10. The quantitative estimate of drug-likeness (QED) is 0.892. The number of aliphatic hydroxyl groups is 1. The number of carboxylic acids is 1. The molecule has 1 aromatic heterocycles. The van der Waals surface area contributed by atoms with Crippen LogP contribution in [0.4, 0.5) is 13.2 Å². The number of alkyl halides is 3. The Hall–Kier alpha value is -1.54. The van der Waals surface area contributed by atoms with E-state index in [4.69, 9.17) is 9.52 Å². The van der Waals surface area contributed by atoms with E-state index in [0.29, 0.717) is 12.8 Å². The van der Waals surface area contributed by atoms with Crippen molar-refractivity contribution in [1.29, 1.82) is 0 Å². The van der Waals surface area contributed by atoms with Crippen LogP contribution in [0, 0.1) is 0 Å². The van der Waals surface area contributed by atoms with Crippen LogP contribution >= 0.6 is 0 Å². The highest BCUT2D eigenvalue weighted by atomic mass is 19.4. The van der Waals surface area contributed by atoms with Crippen molar-refractivity contribution in [1.82, 2.24) is 4.90 Å². The Morgan fingerprint density at radius 3 is 2.68 bits per heavy atom. The van der Waals surface area contributed by atoms with Gasteiger partial charge in [-0.1, -0.05) is 12.8 Å². The number of carbonyl (C=O) groups is 1. The first-order valence-corrected chi connectivity index (χ1v) is 7.10. The highest BCUT2D eigenvalue weighted by Gasteiger charge is 2.40. The van der Waals surface area contributed by atoms with Crippen molar-refractivity contribution in [2.45, 2.75) is 44.4 Å². The lowest BCUT2D eigenvalue weighted by atomic mass is 10.1. The van der Waals surface area contributed by atoms with Gasteiger partial charge in [0.15, 0.2) is 0 Å². The molecule has 1 saturated heterocycles. The van der Waals surface area contributed by atoms with E-state index >= 15 is 0 Å². The maximum atomic E-state index is 12.8. The van der Waals surface area contributed by atoms with Crippen LogP contribution in [0.1, 0.15) is 47.4 Å². The van der Waals surface area contributed by atoms with Gasteiger partial charge in [0.1, 0.15) is 23.2 Å². The molecule has 1 atom stereocenters. The standard InChI is InChI=1S/C14H18F3NO4/c15-14(16,17)10-8-22-11(12(10)13(20)21)6-18-5-3-1-2-4-9(18)7-19/h8-9,19H,1-7H2,(H,20,21). The van der Waals surface area contributed by atoms with Gasteiger partial charge in [-0.2, -0.15) is 13.2 Å². The van der Waals surface area contributed by atoms with Gasteiger partial charge in [-0.3, -0.25) is 4.90 Å². The second-order valence-electron chi connectivity index (χ2n) is 5.41. The minimum absolute atomic E-state index is 0.0526. The summed E-state index contributed by atoms with van der Waals surface area (Å²) < 4.78 is 43.4. The van der Waals surface area contributed by atoms with E-state index in [9.17, 15) is 23.1 Å². The summed E-state index contributed by atoms with van der Waals surface area (Å²) in [5.41, 5.74) is -2.11. The molecule has 124 valence electrons. The van der Waals surface area contributed by atoms with Crippen molar-refractivity contribution < 1.29 is 32.6 Å². The molecule has 1 fully saturated rings. The minimum Gasteiger partial charge on any atom is -0.478 e. The number of likely N-dealkylation sites (tertiary alicyclic amines) is 1. The Morgan fingerprint density at radius 2 is 2.09 bits per heavy atom. The van der Waals surface area contributed by atoms with Gasteiger partial charge in [0.05, 0.1) is 13.2 Å². The lowest BCUT2D eigenvalue weighted by Crippen LogP contribution is -2.37. The van der Waals surface area contributed by atoms with Crippen molar-refractivity contribution in [3.8, 4) is 0 Å². The van der Waals surface area contributed by atoms with Crippen LogP contribution in [-0.4, -0.2) is 40.3 Å². The largest absolute Gasteiger partial charge is 0.478 e. The van der Waals surface area contributed by atoms with Crippen LogP contribution in [0.5, 0.6) is 0 Å². The smallest absolute Gasteiger partial charge is 0.420 e. The summed E-state index contributed by atoms with van der Waals surface area (Å²) in [6, 6.07) is -0.191. The topological polar surface area (TPSA) is 73.9 Å². The average molecular weight is 321 g/mol. The molecule has 2 N–H and O–H groups in total. The van der Waals surface area contributed by atoms with Crippen LogP contribution in [0.25, 0.3) is 0 Å². The second kappa shape index (κ2) is 6.70. The number of carboxylic acid groups (broad SMARTS) is 1. The summed E-state index contributed by atoms with van der Waals surface area (Å²) in [6.07, 6.45) is -0.836. The van der Waals surface area contributed by atoms with Crippen molar-refractivity contribution in [3.63, 3.8) is 0 Å². The van der Waals surface area contributed by atoms with Crippen LogP contribution < -0.4 is 0 Å². The molecule has 0 aromatic carbocycles. The van der Waals surface area contributed by atoms with E-state index in [2.05, 4.69) is 0 Å². The van der Waals surface area contributed by atoms with Gasteiger partial charge in [0, 0.05) is 6.04 Å². The zero-order valence-electron chi connectivity index (χ0n) is 11.9. The molecule has 22 heavy (non-hydrogen) atoms. The normalized spacial score (nSPS) is 20.8. The number of hydrogen-bond acceptors (Lipinski definition) is 4. The van der Waals surface area contributed by atoms with Crippen molar-refractivity contribution >= 4 is 5.97 Å². The predicted octanol–water partition coefficient (Wildman–Crippen LogP) is 2.73. The van der Waals surface area contributed by atoms with E-state index in [1.807, 2.05) is 0 Å². The third-order valence-electron chi connectivity index (χ3n) is 3.94. The SMILES string of the molecule is O=C(O)c1c(C(F)(F)F)coc1CN1CCCCCC1CO. The van der Waals surface area contributed by atoms with Gasteiger partial charge >= 0.3 is 12.1 Å². The van der Waals surface area contributed by atoms with Crippen LogP contribution in [-0.2, 0) is 12.7 Å². The molecular formula is C14H18F3NO4. The fourth-order valence-corrected chi connectivity index (χ4v) is 2.79. The lowest BCUT2D eigenvalue weighted by Gasteiger charge is -2.27. The number of halogens is 3. The number of nitrogens with zero attached hydrogens (tertiary/aromatic N) is 1. The molecule has 0 spiro atoms. The molecule has 0 amide bonds. The Bertz CT molecular complexity index is 527. The lowest BCUT2D eigenvalue weighted by molar-refractivity contribution is -0.138.